The van der Waals surface area contributed by atoms with Crippen LogP contribution in [0.25, 0.3) is 0 Å². The molecule has 590 valence electrons. The smallest absolute Gasteiger partial charge is 0.462 e. The van der Waals surface area contributed by atoms with Crippen molar-refractivity contribution in [3.05, 3.63) is 24.3 Å². The summed E-state index contributed by atoms with van der Waals surface area (Å²) in [6.45, 7) is 11.9. The van der Waals surface area contributed by atoms with Gasteiger partial charge in [-0.1, -0.05) is 342 Å². The second kappa shape index (κ2) is 70.8. The molecule has 19 heteroatoms. The van der Waals surface area contributed by atoms with E-state index in [1.165, 1.54) is 193 Å². The predicted molar refractivity (Wildman–Crippen MR) is 409 cm³/mol. The van der Waals surface area contributed by atoms with E-state index in [4.69, 9.17) is 37.0 Å². The summed E-state index contributed by atoms with van der Waals surface area (Å²) in [7, 11) is -9.94. The standard InChI is InChI=1S/C81H154O17P2/c1-8-10-11-12-13-14-15-16-17-23-29-34-43-50-57-64-81(86)98-77(69-92-79(84)63-56-49-42-37-36-40-47-54-61-74(7)9-2)71-96-100(89,90)94-67-75(82)66-93-99(87,88)95-70-76(68-91-78(83)62-55-48-41-33-28-25-20-22-27-32-39-46-53-60-73(5)6)97-80(85)65-58-51-44-35-30-24-19-18-21-26-31-38-45-52-59-72(3)4/h14-17,72-77,82H,8-13,18-71H2,1-7H3,(H,87,88)(H,89,90)/b15-14-,17-16-/t74?,75-,76-,77-/m1/s1. The number of hydrogen-bond donors (Lipinski definition) is 3. The zero-order valence-corrected chi connectivity index (χ0v) is 66.9. The highest BCUT2D eigenvalue weighted by Gasteiger charge is 2.30. The molecule has 100 heavy (non-hydrogen) atoms. The zero-order chi connectivity index (χ0) is 73.7. The third kappa shape index (κ3) is 72.5. The van der Waals surface area contributed by atoms with E-state index in [1.54, 1.807) is 0 Å². The molecule has 0 fully saturated rings. The van der Waals surface area contributed by atoms with E-state index < -0.39 is 97.5 Å². The van der Waals surface area contributed by atoms with Gasteiger partial charge >= 0.3 is 39.5 Å². The first kappa shape index (κ1) is 97.5. The Hall–Kier alpha value is -2.46. The molecule has 0 aromatic heterocycles. The number of ether oxygens (including phenoxy) is 4. The van der Waals surface area contributed by atoms with E-state index in [1.807, 2.05) is 0 Å². The van der Waals surface area contributed by atoms with E-state index >= 15 is 0 Å². The van der Waals surface area contributed by atoms with Crippen molar-refractivity contribution in [1.82, 2.24) is 0 Å². The summed E-state index contributed by atoms with van der Waals surface area (Å²) in [5.74, 6) is 0.217. The molecule has 0 aliphatic carbocycles. The fourth-order valence-corrected chi connectivity index (χ4v) is 13.5. The SMILES string of the molecule is CCCCCC/C=C\C=C/CCCCCCCC(=O)O[C@H](COC(=O)CCCCCCCCCCC(C)CC)COP(=O)(O)OC[C@H](O)COP(=O)(O)OC[C@@H](COC(=O)CCCCCCCCCCCCCCCC(C)C)OC(=O)CCCCCCCCCCCCCCCCC(C)C. The van der Waals surface area contributed by atoms with Crippen LogP contribution in [-0.4, -0.2) is 96.7 Å². The van der Waals surface area contributed by atoms with E-state index in [9.17, 15) is 43.2 Å². The van der Waals surface area contributed by atoms with Crippen molar-refractivity contribution in [2.75, 3.05) is 39.6 Å². The molecule has 3 N–H and O–H groups in total. The van der Waals surface area contributed by atoms with Crippen LogP contribution in [0.5, 0.6) is 0 Å². The first-order chi connectivity index (χ1) is 48.3. The molecular formula is C81H154O17P2. The Morgan fingerprint density at radius 2 is 0.590 bits per heavy atom. The van der Waals surface area contributed by atoms with E-state index in [0.29, 0.717) is 25.7 Å². The second-order valence-corrected chi connectivity index (χ2v) is 32.6. The molecule has 3 unspecified atom stereocenters. The van der Waals surface area contributed by atoms with Crippen molar-refractivity contribution >= 4 is 39.5 Å². The Bertz CT molecular complexity index is 2040. The maximum atomic E-state index is 13.1. The number of phosphoric ester groups is 2. The van der Waals surface area contributed by atoms with Gasteiger partial charge in [0.1, 0.15) is 19.3 Å². The third-order valence-electron chi connectivity index (χ3n) is 18.6. The average Bonchev–Trinajstić information content (AvgIpc) is 0.926. The molecule has 0 saturated carbocycles. The molecule has 0 spiro atoms. The largest absolute Gasteiger partial charge is 0.472 e. The maximum Gasteiger partial charge on any atom is 0.472 e. The lowest BCUT2D eigenvalue weighted by Crippen LogP contribution is -2.30. The molecule has 0 heterocycles. The predicted octanol–water partition coefficient (Wildman–Crippen LogP) is 23.7. The molecule has 17 nitrogen and oxygen atoms in total. The number of unbranched alkanes of at least 4 members (excludes halogenated alkanes) is 41. The Labute approximate surface area is 612 Å². The lowest BCUT2D eigenvalue weighted by Gasteiger charge is -2.21. The van der Waals surface area contributed by atoms with Crippen LogP contribution in [0.4, 0.5) is 0 Å². The molecule has 0 saturated heterocycles. The van der Waals surface area contributed by atoms with Gasteiger partial charge in [0.05, 0.1) is 26.4 Å². The topological polar surface area (TPSA) is 237 Å². The Kier molecular flexibility index (Phi) is 69.1. The number of rotatable bonds is 77. The molecule has 0 radical (unpaired) electrons. The van der Waals surface area contributed by atoms with Crippen LogP contribution in [-0.2, 0) is 65.4 Å². The molecule has 0 aromatic rings. The molecule has 0 rings (SSSR count). The molecular weight excluding hydrogens is 1310 g/mol. The van der Waals surface area contributed by atoms with Gasteiger partial charge in [-0.25, -0.2) is 9.13 Å². The fourth-order valence-electron chi connectivity index (χ4n) is 11.9. The molecule has 0 amide bonds. The summed E-state index contributed by atoms with van der Waals surface area (Å²) in [4.78, 5) is 73.0. The Morgan fingerprint density at radius 1 is 0.330 bits per heavy atom. The Morgan fingerprint density at radius 3 is 0.890 bits per heavy atom. The minimum absolute atomic E-state index is 0.0845. The van der Waals surface area contributed by atoms with Crippen LogP contribution in [0.1, 0.15) is 395 Å². The van der Waals surface area contributed by atoms with Crippen LogP contribution >= 0.6 is 15.6 Å². The van der Waals surface area contributed by atoms with Crippen LogP contribution in [0, 0.1) is 17.8 Å². The van der Waals surface area contributed by atoms with Crippen LogP contribution < -0.4 is 0 Å². The van der Waals surface area contributed by atoms with Gasteiger partial charge in [-0.15, -0.1) is 0 Å². The van der Waals surface area contributed by atoms with Crippen molar-refractivity contribution < 1.29 is 80.2 Å². The van der Waals surface area contributed by atoms with Gasteiger partial charge in [0.25, 0.3) is 0 Å². The van der Waals surface area contributed by atoms with Crippen LogP contribution in [0.3, 0.4) is 0 Å². The number of hydrogen-bond acceptors (Lipinski definition) is 15. The number of aliphatic hydroxyl groups excluding tert-OH is 1. The number of carbonyl (C=O) groups is 4. The van der Waals surface area contributed by atoms with Gasteiger partial charge in [-0.05, 0) is 69.1 Å². The lowest BCUT2D eigenvalue weighted by atomic mass is 9.99. The fraction of sp³-hybridized carbons (Fsp3) is 0.901. The van der Waals surface area contributed by atoms with Gasteiger partial charge in [-0.3, -0.25) is 37.3 Å². The van der Waals surface area contributed by atoms with Gasteiger partial charge in [0.2, 0.25) is 0 Å². The van der Waals surface area contributed by atoms with E-state index in [0.717, 1.165) is 120 Å². The first-order valence-corrected chi connectivity index (χ1v) is 44.2. The van der Waals surface area contributed by atoms with Gasteiger partial charge in [-0.2, -0.15) is 0 Å². The van der Waals surface area contributed by atoms with Crippen LogP contribution in [0.15, 0.2) is 24.3 Å². The highest BCUT2D eigenvalue weighted by molar-refractivity contribution is 7.47. The van der Waals surface area contributed by atoms with Crippen molar-refractivity contribution in [2.24, 2.45) is 17.8 Å². The molecule has 0 bridgehead atoms. The van der Waals surface area contributed by atoms with Crippen LogP contribution in [0.2, 0.25) is 0 Å². The highest BCUT2D eigenvalue weighted by Crippen LogP contribution is 2.45. The minimum atomic E-state index is -4.97. The lowest BCUT2D eigenvalue weighted by molar-refractivity contribution is -0.161. The summed E-state index contributed by atoms with van der Waals surface area (Å²) in [5, 5.41) is 10.6. The summed E-state index contributed by atoms with van der Waals surface area (Å²) >= 11 is 0. The number of esters is 4. The summed E-state index contributed by atoms with van der Waals surface area (Å²) in [6.07, 6.45) is 61.7. The van der Waals surface area contributed by atoms with Gasteiger partial charge in [0.15, 0.2) is 12.2 Å². The molecule has 6 atom stereocenters. The normalized spacial score (nSPS) is 14.4. The summed E-state index contributed by atoms with van der Waals surface area (Å²) < 4.78 is 68.7. The molecule has 0 aliphatic heterocycles. The number of phosphoric acid groups is 2. The van der Waals surface area contributed by atoms with Gasteiger partial charge in [0, 0.05) is 25.7 Å². The Balaban J connectivity index is 5.31. The van der Waals surface area contributed by atoms with E-state index in [2.05, 4.69) is 72.8 Å². The summed E-state index contributed by atoms with van der Waals surface area (Å²) in [6, 6.07) is 0. The van der Waals surface area contributed by atoms with E-state index in [-0.39, 0.29) is 25.7 Å². The zero-order valence-electron chi connectivity index (χ0n) is 65.2. The first-order valence-electron chi connectivity index (χ1n) is 41.2. The highest BCUT2D eigenvalue weighted by atomic mass is 31.2. The molecule has 0 aromatic carbocycles. The average molecular weight is 1460 g/mol. The number of carbonyl (C=O) groups excluding carboxylic acids is 4. The van der Waals surface area contributed by atoms with Crippen molar-refractivity contribution in [2.45, 2.75) is 414 Å². The van der Waals surface area contributed by atoms with Crippen molar-refractivity contribution in [3.63, 3.8) is 0 Å². The quantitative estimate of drug-likeness (QED) is 0.0169. The number of aliphatic hydroxyl groups is 1. The monoisotopic (exact) mass is 1460 g/mol. The molecule has 0 aliphatic rings. The minimum Gasteiger partial charge on any atom is -0.462 e. The summed E-state index contributed by atoms with van der Waals surface area (Å²) in [5.41, 5.74) is 0. The van der Waals surface area contributed by atoms with Gasteiger partial charge < -0.3 is 33.8 Å². The van der Waals surface area contributed by atoms with Crippen molar-refractivity contribution in [1.29, 1.82) is 0 Å². The third-order valence-corrected chi connectivity index (χ3v) is 20.5. The van der Waals surface area contributed by atoms with Crippen molar-refractivity contribution in [3.8, 4) is 0 Å². The number of allylic oxidation sites excluding steroid dienone is 4. The maximum absolute atomic E-state index is 13.1. The second-order valence-electron chi connectivity index (χ2n) is 29.7.